The van der Waals surface area contributed by atoms with Crippen LogP contribution in [0.15, 0.2) is 0 Å². The molecule has 0 aromatic heterocycles. The van der Waals surface area contributed by atoms with Gasteiger partial charge in [-0.25, -0.2) is 17.9 Å². The summed E-state index contributed by atoms with van der Waals surface area (Å²) in [5, 5.41) is 1.82. The van der Waals surface area contributed by atoms with E-state index in [9.17, 15) is 13.2 Å². The molecule has 2 amide bonds. The number of nitrogens with one attached hydrogen (secondary N) is 2. The zero-order valence-electron chi connectivity index (χ0n) is 8.29. The van der Waals surface area contributed by atoms with Gasteiger partial charge < -0.3 is 5.32 Å². The van der Waals surface area contributed by atoms with Crippen LogP contribution in [0.4, 0.5) is 4.79 Å². The Morgan fingerprint density at radius 2 is 1.62 bits per heavy atom. The van der Waals surface area contributed by atoms with E-state index in [-0.39, 0.29) is 6.04 Å². The average Bonchev–Trinajstić information content (AvgIpc) is 1.82. The summed E-state index contributed by atoms with van der Waals surface area (Å²) in [6, 6.07) is -0.758. The molecule has 0 aromatic carbocycles. The Morgan fingerprint density at radius 1 is 1.15 bits per heavy atom. The minimum atomic E-state index is -3.51. The number of hydrogen-bond acceptors (Lipinski definition) is 3. The van der Waals surface area contributed by atoms with Crippen LogP contribution in [0.2, 0.25) is 0 Å². The molecule has 0 saturated heterocycles. The lowest BCUT2D eigenvalue weighted by Gasteiger charge is -2.12. The zero-order valence-corrected chi connectivity index (χ0v) is 9.10. The maximum Gasteiger partial charge on any atom is 0.328 e. The van der Waals surface area contributed by atoms with E-state index < -0.39 is 21.3 Å². The minimum absolute atomic E-state index is 0.0811. The summed E-state index contributed by atoms with van der Waals surface area (Å²) in [6.45, 7) is 6.51. The van der Waals surface area contributed by atoms with E-state index in [1.807, 2.05) is 4.72 Å². The van der Waals surface area contributed by atoms with E-state index in [4.69, 9.17) is 0 Å². The third-order valence-electron chi connectivity index (χ3n) is 1.28. The Balaban J connectivity index is 4.22. The molecule has 6 heteroatoms. The first-order chi connectivity index (χ1) is 5.75. The number of hydrogen-bond donors (Lipinski definition) is 2. The van der Waals surface area contributed by atoms with Gasteiger partial charge in [-0.05, 0) is 27.7 Å². The molecule has 0 spiro atoms. The number of carbonyl (C=O) groups excluding carboxylic acids is 1. The highest BCUT2D eigenvalue weighted by Crippen LogP contribution is 1.95. The molecule has 0 atom stereocenters. The fourth-order valence-electron chi connectivity index (χ4n) is 0.539. The fraction of sp³-hybridized carbons (Fsp3) is 0.857. The maximum atomic E-state index is 11.2. The van der Waals surface area contributed by atoms with Crippen molar-refractivity contribution < 1.29 is 13.2 Å². The number of rotatable bonds is 3. The normalized spacial score (nSPS) is 11.8. The Kier molecular flexibility index (Phi) is 4.19. The van der Waals surface area contributed by atoms with Gasteiger partial charge in [-0.1, -0.05) is 0 Å². The molecule has 78 valence electrons. The zero-order chi connectivity index (χ0) is 10.6. The van der Waals surface area contributed by atoms with E-state index in [1.54, 1.807) is 13.8 Å². The minimum Gasteiger partial charge on any atom is -0.335 e. The Bertz CT molecular complexity index is 269. The van der Waals surface area contributed by atoms with Crippen LogP contribution in [-0.4, -0.2) is 25.7 Å². The molecule has 0 aliphatic carbocycles. The van der Waals surface area contributed by atoms with Gasteiger partial charge in [0.1, 0.15) is 0 Å². The number of urea groups is 1. The summed E-state index contributed by atoms with van der Waals surface area (Å²) in [5.74, 6) is 0. The van der Waals surface area contributed by atoms with Gasteiger partial charge in [0.25, 0.3) is 0 Å². The van der Waals surface area contributed by atoms with Crippen molar-refractivity contribution in [1.82, 2.24) is 10.0 Å². The lowest BCUT2D eigenvalue weighted by molar-refractivity contribution is 0.243. The van der Waals surface area contributed by atoms with Crippen LogP contribution in [0.25, 0.3) is 0 Å². The van der Waals surface area contributed by atoms with Crippen LogP contribution in [-0.2, 0) is 10.0 Å². The van der Waals surface area contributed by atoms with Crippen molar-refractivity contribution in [2.45, 2.75) is 39.0 Å². The lowest BCUT2D eigenvalue weighted by atomic mass is 10.4. The average molecular weight is 208 g/mol. The summed E-state index contributed by atoms with van der Waals surface area (Å²) in [4.78, 5) is 11.0. The third-order valence-corrected chi connectivity index (χ3v) is 2.99. The maximum absolute atomic E-state index is 11.2. The first kappa shape index (κ1) is 12.2. The Morgan fingerprint density at radius 3 is 1.92 bits per heavy atom. The monoisotopic (exact) mass is 208 g/mol. The van der Waals surface area contributed by atoms with Crippen LogP contribution in [0.3, 0.4) is 0 Å². The molecule has 0 unspecified atom stereocenters. The first-order valence-corrected chi connectivity index (χ1v) is 5.62. The molecule has 0 aliphatic rings. The van der Waals surface area contributed by atoms with Gasteiger partial charge >= 0.3 is 6.03 Å². The van der Waals surface area contributed by atoms with E-state index >= 15 is 0 Å². The summed E-state index contributed by atoms with van der Waals surface area (Å²) >= 11 is 0. The molecule has 0 bridgehead atoms. The van der Waals surface area contributed by atoms with Gasteiger partial charge in [0, 0.05) is 6.04 Å². The van der Waals surface area contributed by atoms with E-state index in [2.05, 4.69) is 5.32 Å². The van der Waals surface area contributed by atoms with Crippen molar-refractivity contribution >= 4 is 16.1 Å². The molecule has 0 heterocycles. The van der Waals surface area contributed by atoms with Gasteiger partial charge in [0.2, 0.25) is 10.0 Å². The van der Waals surface area contributed by atoms with Gasteiger partial charge in [0.05, 0.1) is 5.25 Å². The van der Waals surface area contributed by atoms with Crippen molar-refractivity contribution in [3.05, 3.63) is 0 Å². The highest BCUT2D eigenvalue weighted by Gasteiger charge is 2.18. The van der Waals surface area contributed by atoms with Crippen LogP contribution in [0.5, 0.6) is 0 Å². The third kappa shape index (κ3) is 4.72. The molecule has 0 fully saturated rings. The predicted molar refractivity (Wildman–Crippen MR) is 50.9 cm³/mol. The van der Waals surface area contributed by atoms with E-state index in [1.165, 1.54) is 13.8 Å². The largest absolute Gasteiger partial charge is 0.335 e. The van der Waals surface area contributed by atoms with E-state index in [0.29, 0.717) is 0 Å². The molecule has 0 saturated carbocycles. The molecule has 0 radical (unpaired) electrons. The van der Waals surface area contributed by atoms with Crippen LogP contribution in [0, 0.1) is 0 Å². The first-order valence-electron chi connectivity index (χ1n) is 4.08. The van der Waals surface area contributed by atoms with Crippen molar-refractivity contribution in [3.63, 3.8) is 0 Å². The topological polar surface area (TPSA) is 75.3 Å². The fourth-order valence-corrected chi connectivity index (χ4v) is 1.09. The number of sulfonamides is 1. The highest BCUT2D eigenvalue weighted by molar-refractivity contribution is 7.90. The summed E-state index contributed by atoms with van der Waals surface area (Å²) < 4.78 is 24.2. The standard InChI is InChI=1S/C7H16N2O3S/c1-5(2)8-7(10)9-13(11,12)6(3)4/h5-6H,1-4H3,(H2,8,9,10). The smallest absolute Gasteiger partial charge is 0.328 e. The van der Waals surface area contributed by atoms with E-state index in [0.717, 1.165) is 0 Å². The second-order valence-electron chi connectivity index (χ2n) is 3.32. The van der Waals surface area contributed by atoms with Crippen molar-refractivity contribution in [2.24, 2.45) is 0 Å². The van der Waals surface area contributed by atoms with Gasteiger partial charge in [-0.3, -0.25) is 0 Å². The molecular formula is C7H16N2O3S. The summed E-state index contributed by atoms with van der Waals surface area (Å²) in [7, 11) is -3.51. The molecule has 2 N–H and O–H groups in total. The molecule has 13 heavy (non-hydrogen) atoms. The molecule has 0 rings (SSSR count). The second-order valence-corrected chi connectivity index (χ2v) is 5.56. The van der Waals surface area contributed by atoms with Crippen LogP contribution >= 0.6 is 0 Å². The lowest BCUT2D eigenvalue weighted by Crippen LogP contribution is -2.44. The predicted octanol–water partition coefficient (Wildman–Crippen LogP) is 0.432. The van der Waals surface area contributed by atoms with Gasteiger partial charge in [-0.15, -0.1) is 0 Å². The van der Waals surface area contributed by atoms with Gasteiger partial charge in [-0.2, -0.15) is 0 Å². The van der Waals surface area contributed by atoms with Crippen molar-refractivity contribution in [1.29, 1.82) is 0 Å². The van der Waals surface area contributed by atoms with Crippen molar-refractivity contribution in [3.8, 4) is 0 Å². The molecule has 0 aromatic rings. The molecular weight excluding hydrogens is 192 g/mol. The Hall–Kier alpha value is -0.780. The van der Waals surface area contributed by atoms with Crippen LogP contribution < -0.4 is 10.0 Å². The van der Waals surface area contributed by atoms with Crippen LogP contribution in [0.1, 0.15) is 27.7 Å². The van der Waals surface area contributed by atoms with Gasteiger partial charge in [0.15, 0.2) is 0 Å². The SMILES string of the molecule is CC(C)NC(=O)NS(=O)(=O)C(C)C. The summed E-state index contributed by atoms with van der Waals surface area (Å²) in [6.07, 6.45) is 0. The Labute approximate surface area is 79.0 Å². The number of carbonyl (C=O) groups is 1. The summed E-state index contributed by atoms with van der Waals surface area (Å²) in [5.41, 5.74) is 0. The highest BCUT2D eigenvalue weighted by atomic mass is 32.2. The molecule has 5 nitrogen and oxygen atoms in total. The molecule has 0 aliphatic heterocycles. The second kappa shape index (κ2) is 4.45. The van der Waals surface area contributed by atoms with Crippen molar-refractivity contribution in [2.75, 3.05) is 0 Å². The quantitative estimate of drug-likeness (QED) is 0.706. The number of amides is 2.